The number of ether oxygens (including phenoxy) is 2. The average molecular weight is 381 g/mol. The van der Waals surface area contributed by atoms with Crippen LogP contribution in [0.4, 0.5) is 5.69 Å². The molecule has 6 nitrogen and oxygen atoms in total. The molecule has 1 amide bonds. The van der Waals surface area contributed by atoms with E-state index in [9.17, 15) is 4.79 Å². The van der Waals surface area contributed by atoms with Crippen molar-refractivity contribution in [1.29, 1.82) is 0 Å². The van der Waals surface area contributed by atoms with Gasteiger partial charge in [-0.05, 0) is 62.1 Å². The first kappa shape index (κ1) is 19.9. The van der Waals surface area contributed by atoms with Crippen molar-refractivity contribution in [2.24, 2.45) is 4.99 Å². The molecule has 0 aromatic heterocycles. The highest BCUT2D eigenvalue weighted by molar-refractivity contribution is 6.10. The molecule has 1 aliphatic rings. The van der Waals surface area contributed by atoms with E-state index < -0.39 is 0 Å². The molecule has 28 heavy (non-hydrogen) atoms. The highest BCUT2D eigenvalue weighted by Crippen LogP contribution is 2.17. The summed E-state index contributed by atoms with van der Waals surface area (Å²) in [4.78, 5) is 17.3. The fourth-order valence-electron chi connectivity index (χ4n) is 3.03. The van der Waals surface area contributed by atoms with Crippen molar-refractivity contribution < 1.29 is 14.3 Å². The van der Waals surface area contributed by atoms with Gasteiger partial charge in [0.25, 0.3) is 5.91 Å². The van der Waals surface area contributed by atoms with Gasteiger partial charge in [0.1, 0.15) is 5.75 Å². The van der Waals surface area contributed by atoms with Crippen LogP contribution in [0.2, 0.25) is 0 Å². The number of guanidine groups is 1. The monoisotopic (exact) mass is 381 g/mol. The molecular weight excluding hydrogens is 354 g/mol. The molecule has 1 fully saturated rings. The molecule has 0 saturated carbocycles. The predicted molar refractivity (Wildman–Crippen MR) is 111 cm³/mol. The summed E-state index contributed by atoms with van der Waals surface area (Å²) in [5.74, 6) is 0.799. The molecule has 0 radical (unpaired) electrons. The molecule has 3 rings (SSSR count). The normalized spacial score (nSPS) is 16.7. The molecule has 2 aromatic carbocycles. The summed E-state index contributed by atoms with van der Waals surface area (Å²) < 4.78 is 10.9. The van der Waals surface area contributed by atoms with Crippen LogP contribution < -0.4 is 15.4 Å². The highest BCUT2D eigenvalue weighted by atomic mass is 16.5. The molecule has 1 atom stereocenters. The predicted octanol–water partition coefficient (Wildman–Crippen LogP) is 3.69. The van der Waals surface area contributed by atoms with Gasteiger partial charge in [0.15, 0.2) is 0 Å². The van der Waals surface area contributed by atoms with Gasteiger partial charge in [-0.3, -0.25) is 10.1 Å². The number of benzene rings is 2. The Kier molecular flexibility index (Phi) is 6.66. The quantitative estimate of drug-likeness (QED) is 0.612. The van der Waals surface area contributed by atoms with Crippen LogP contribution in [-0.2, 0) is 4.74 Å². The highest BCUT2D eigenvalue weighted by Gasteiger charge is 2.16. The maximum Gasteiger partial charge on any atom is 0.258 e. The Balaban J connectivity index is 1.79. The summed E-state index contributed by atoms with van der Waals surface area (Å²) in [7, 11) is 1.58. The maximum atomic E-state index is 12.7. The van der Waals surface area contributed by atoms with Crippen LogP contribution >= 0.6 is 0 Å². The zero-order valence-electron chi connectivity index (χ0n) is 16.6. The molecule has 6 heteroatoms. The first-order valence-corrected chi connectivity index (χ1v) is 9.51. The van der Waals surface area contributed by atoms with Crippen molar-refractivity contribution in [3.8, 4) is 5.75 Å². The third kappa shape index (κ3) is 5.33. The van der Waals surface area contributed by atoms with Crippen molar-refractivity contribution in [3.63, 3.8) is 0 Å². The summed E-state index contributed by atoms with van der Waals surface area (Å²) >= 11 is 0. The van der Waals surface area contributed by atoms with Gasteiger partial charge in [-0.1, -0.05) is 18.2 Å². The van der Waals surface area contributed by atoms with Crippen LogP contribution in [0.15, 0.2) is 47.5 Å². The van der Waals surface area contributed by atoms with Crippen LogP contribution in [0.5, 0.6) is 5.75 Å². The Labute approximate surface area is 166 Å². The molecule has 0 unspecified atom stereocenters. The zero-order valence-corrected chi connectivity index (χ0v) is 16.6. The van der Waals surface area contributed by atoms with E-state index in [1.165, 1.54) is 0 Å². The zero-order chi connectivity index (χ0) is 19.9. The second-order valence-electron chi connectivity index (χ2n) is 6.95. The van der Waals surface area contributed by atoms with Crippen LogP contribution in [-0.4, -0.2) is 38.2 Å². The molecule has 0 aliphatic carbocycles. The van der Waals surface area contributed by atoms with Gasteiger partial charge in [-0.2, -0.15) is 0 Å². The van der Waals surface area contributed by atoms with E-state index in [4.69, 9.17) is 9.47 Å². The second kappa shape index (κ2) is 9.37. The van der Waals surface area contributed by atoms with E-state index in [1.807, 2.05) is 26.0 Å². The maximum absolute atomic E-state index is 12.7. The Morgan fingerprint density at radius 3 is 2.86 bits per heavy atom. The minimum atomic E-state index is -0.247. The Morgan fingerprint density at radius 2 is 2.11 bits per heavy atom. The van der Waals surface area contributed by atoms with Crippen molar-refractivity contribution in [3.05, 3.63) is 59.2 Å². The number of nitrogens with zero attached hydrogens (tertiary/aromatic N) is 1. The lowest BCUT2D eigenvalue weighted by Gasteiger charge is -2.15. The summed E-state index contributed by atoms with van der Waals surface area (Å²) in [5, 5.41) is 6.17. The first-order chi connectivity index (χ1) is 13.5. The average Bonchev–Trinajstić information content (AvgIpc) is 3.22. The lowest BCUT2D eigenvalue weighted by atomic mass is 10.1. The molecule has 1 heterocycles. The molecular formula is C22H27N3O3. The van der Waals surface area contributed by atoms with Gasteiger partial charge in [0, 0.05) is 17.9 Å². The van der Waals surface area contributed by atoms with Gasteiger partial charge in [0.05, 0.1) is 19.8 Å². The number of aryl methyl sites for hydroxylation is 2. The van der Waals surface area contributed by atoms with E-state index in [2.05, 4.69) is 21.7 Å². The van der Waals surface area contributed by atoms with E-state index in [0.29, 0.717) is 23.8 Å². The lowest BCUT2D eigenvalue weighted by molar-refractivity contribution is 0.0975. The second-order valence-corrected chi connectivity index (χ2v) is 6.95. The van der Waals surface area contributed by atoms with Crippen LogP contribution in [0.3, 0.4) is 0 Å². The summed E-state index contributed by atoms with van der Waals surface area (Å²) in [5.41, 5.74) is 3.63. The number of rotatable bonds is 5. The molecule has 0 bridgehead atoms. The smallest absolute Gasteiger partial charge is 0.258 e. The first-order valence-electron chi connectivity index (χ1n) is 9.51. The number of methoxy groups -OCH3 is 1. The third-order valence-corrected chi connectivity index (χ3v) is 4.69. The topological polar surface area (TPSA) is 72.0 Å². The molecule has 2 N–H and O–H groups in total. The third-order valence-electron chi connectivity index (χ3n) is 4.69. The molecule has 2 aromatic rings. The lowest BCUT2D eigenvalue weighted by Crippen LogP contribution is -2.37. The standard InChI is InChI=1S/C22H27N3O3/c1-15-9-10-16(2)20(12-15)24-22(23-14-19-8-5-11-28-19)25-21(26)17-6-4-7-18(13-17)27-3/h4,6-7,9-10,12-13,19H,5,8,11,14H2,1-3H3,(H2,23,24,25,26)/t19-/m0/s1. The number of hydrogen-bond acceptors (Lipinski definition) is 4. The largest absolute Gasteiger partial charge is 0.497 e. The van der Waals surface area contributed by atoms with Crippen LogP contribution in [0.1, 0.15) is 34.3 Å². The van der Waals surface area contributed by atoms with Crippen molar-refractivity contribution in [1.82, 2.24) is 5.32 Å². The van der Waals surface area contributed by atoms with Crippen molar-refractivity contribution in [2.45, 2.75) is 32.8 Å². The van der Waals surface area contributed by atoms with Gasteiger partial charge < -0.3 is 14.8 Å². The fraction of sp³-hybridized carbons (Fsp3) is 0.364. The number of anilines is 1. The number of hydrogen-bond donors (Lipinski definition) is 2. The van der Waals surface area contributed by atoms with Gasteiger partial charge in [-0.25, -0.2) is 4.99 Å². The Morgan fingerprint density at radius 1 is 1.25 bits per heavy atom. The summed E-state index contributed by atoms with van der Waals surface area (Å²) in [6, 6.07) is 13.2. The summed E-state index contributed by atoms with van der Waals surface area (Å²) in [6.07, 6.45) is 2.14. The van der Waals surface area contributed by atoms with Gasteiger partial charge in [0.2, 0.25) is 5.96 Å². The Hall–Kier alpha value is -2.86. The number of nitrogens with one attached hydrogen (secondary N) is 2. The van der Waals surface area contributed by atoms with E-state index in [0.717, 1.165) is 36.3 Å². The SMILES string of the molecule is COc1cccc(C(=O)NC(=NC[C@@H]2CCCO2)Nc2cc(C)ccc2C)c1. The van der Waals surface area contributed by atoms with E-state index in [-0.39, 0.29) is 12.0 Å². The van der Waals surface area contributed by atoms with Crippen LogP contribution in [0.25, 0.3) is 0 Å². The van der Waals surface area contributed by atoms with Crippen molar-refractivity contribution >= 4 is 17.6 Å². The van der Waals surface area contributed by atoms with Crippen molar-refractivity contribution in [2.75, 3.05) is 25.6 Å². The number of aliphatic imine (C=N–C) groups is 1. The molecule has 0 spiro atoms. The molecule has 1 aliphatic heterocycles. The Bertz CT molecular complexity index is 858. The fourth-order valence-corrected chi connectivity index (χ4v) is 3.03. The van der Waals surface area contributed by atoms with E-state index in [1.54, 1.807) is 31.4 Å². The van der Waals surface area contributed by atoms with Gasteiger partial charge >= 0.3 is 0 Å². The number of carbonyl (C=O) groups excluding carboxylic acids is 1. The van der Waals surface area contributed by atoms with Crippen LogP contribution in [0, 0.1) is 13.8 Å². The minimum Gasteiger partial charge on any atom is -0.497 e. The number of carbonyl (C=O) groups is 1. The molecule has 148 valence electrons. The number of amides is 1. The minimum absolute atomic E-state index is 0.101. The summed E-state index contributed by atoms with van der Waals surface area (Å²) in [6.45, 7) is 5.33. The van der Waals surface area contributed by atoms with E-state index >= 15 is 0 Å². The molecule has 1 saturated heterocycles. The van der Waals surface area contributed by atoms with Gasteiger partial charge in [-0.15, -0.1) is 0 Å².